The molecule has 0 amide bonds. The molecule has 0 saturated carbocycles. The fourth-order valence-corrected chi connectivity index (χ4v) is 1.62. The molecule has 2 nitrogen and oxygen atoms in total. The second kappa shape index (κ2) is 5.05. The molecule has 0 atom stereocenters. The molecule has 0 bridgehead atoms. The highest BCUT2D eigenvalue weighted by Crippen LogP contribution is 2.35. The molecule has 1 aromatic heterocycles. The Morgan fingerprint density at radius 2 is 1.84 bits per heavy atom. The summed E-state index contributed by atoms with van der Waals surface area (Å²) in [6.07, 6.45) is -3.39. The van der Waals surface area contributed by atoms with Gasteiger partial charge < -0.3 is 5.32 Å². The minimum atomic E-state index is -4.54. The maximum atomic E-state index is 13.5. The predicted molar refractivity (Wildman–Crippen MR) is 63.9 cm³/mol. The molecular formula is C12H7ClF4N2. The first-order valence-electron chi connectivity index (χ1n) is 5.12. The van der Waals surface area contributed by atoms with E-state index in [9.17, 15) is 17.6 Å². The monoisotopic (exact) mass is 290 g/mol. The number of hydrogen-bond acceptors (Lipinski definition) is 2. The van der Waals surface area contributed by atoms with Crippen molar-refractivity contribution in [2.24, 2.45) is 0 Å². The first kappa shape index (κ1) is 13.6. The van der Waals surface area contributed by atoms with Crippen LogP contribution in [0.1, 0.15) is 5.56 Å². The van der Waals surface area contributed by atoms with E-state index >= 15 is 0 Å². The van der Waals surface area contributed by atoms with Crippen molar-refractivity contribution < 1.29 is 17.6 Å². The van der Waals surface area contributed by atoms with Crippen LogP contribution in [-0.2, 0) is 6.18 Å². The number of rotatable bonds is 2. The minimum absolute atomic E-state index is 0.0622. The van der Waals surface area contributed by atoms with Crippen molar-refractivity contribution >= 4 is 23.1 Å². The Labute approximate surface area is 111 Å². The van der Waals surface area contributed by atoms with E-state index in [4.69, 9.17) is 11.6 Å². The summed E-state index contributed by atoms with van der Waals surface area (Å²) in [6.45, 7) is 0. The van der Waals surface area contributed by atoms with Crippen LogP contribution >= 0.6 is 11.6 Å². The Balaban J connectivity index is 2.39. The van der Waals surface area contributed by atoms with Crippen LogP contribution in [0.4, 0.5) is 29.1 Å². The van der Waals surface area contributed by atoms with Crippen LogP contribution in [0.3, 0.4) is 0 Å². The van der Waals surface area contributed by atoms with Crippen molar-refractivity contribution in [3.63, 3.8) is 0 Å². The van der Waals surface area contributed by atoms with Gasteiger partial charge in [-0.2, -0.15) is 13.2 Å². The van der Waals surface area contributed by atoms with Crippen molar-refractivity contribution in [1.82, 2.24) is 4.98 Å². The zero-order chi connectivity index (χ0) is 14.0. The molecule has 1 N–H and O–H groups in total. The van der Waals surface area contributed by atoms with E-state index in [-0.39, 0.29) is 16.5 Å². The number of aromatic nitrogens is 1. The van der Waals surface area contributed by atoms with Gasteiger partial charge in [-0.1, -0.05) is 23.7 Å². The summed E-state index contributed by atoms with van der Waals surface area (Å²) < 4.78 is 51.7. The maximum absolute atomic E-state index is 13.5. The van der Waals surface area contributed by atoms with Gasteiger partial charge in [0.2, 0.25) is 0 Å². The lowest BCUT2D eigenvalue weighted by atomic mass is 10.1. The maximum Gasteiger partial charge on any atom is 0.418 e. The number of halogens is 5. The molecule has 1 heterocycles. The zero-order valence-corrected chi connectivity index (χ0v) is 10.1. The normalized spacial score (nSPS) is 11.4. The van der Waals surface area contributed by atoms with Crippen molar-refractivity contribution in [2.45, 2.75) is 6.18 Å². The standard InChI is InChI=1S/C12H7ClF4N2/c13-7-5-9(14)11(18-6-7)19-10-4-2-1-3-8(10)12(15,16)17/h1-6H,(H,18,19). The Morgan fingerprint density at radius 1 is 1.16 bits per heavy atom. The third kappa shape index (κ3) is 3.14. The van der Waals surface area contributed by atoms with E-state index in [0.29, 0.717) is 0 Å². The molecule has 19 heavy (non-hydrogen) atoms. The molecular weight excluding hydrogens is 284 g/mol. The number of anilines is 2. The van der Waals surface area contributed by atoms with Gasteiger partial charge in [-0.15, -0.1) is 0 Å². The van der Waals surface area contributed by atoms with Crippen molar-refractivity contribution in [3.8, 4) is 0 Å². The first-order chi connectivity index (χ1) is 8.88. The number of alkyl halides is 3. The van der Waals surface area contributed by atoms with Crippen LogP contribution in [0.5, 0.6) is 0 Å². The molecule has 0 spiro atoms. The second-order valence-corrected chi connectivity index (χ2v) is 4.09. The molecule has 0 radical (unpaired) electrons. The summed E-state index contributed by atoms with van der Waals surface area (Å²) >= 11 is 5.51. The van der Waals surface area contributed by atoms with Crippen LogP contribution in [-0.4, -0.2) is 4.98 Å². The summed E-state index contributed by atoms with van der Waals surface area (Å²) in [5.74, 6) is -1.15. The number of benzene rings is 1. The van der Waals surface area contributed by atoms with Gasteiger partial charge in [0, 0.05) is 6.20 Å². The molecule has 0 unspecified atom stereocenters. The summed E-state index contributed by atoms with van der Waals surface area (Å²) in [4.78, 5) is 3.61. The second-order valence-electron chi connectivity index (χ2n) is 3.65. The molecule has 1 aromatic carbocycles. The minimum Gasteiger partial charge on any atom is -0.337 e. The average molecular weight is 291 g/mol. The Kier molecular flexibility index (Phi) is 3.61. The van der Waals surface area contributed by atoms with Crippen molar-refractivity contribution in [2.75, 3.05) is 5.32 Å². The molecule has 0 aliphatic rings. The number of nitrogens with zero attached hydrogens (tertiary/aromatic N) is 1. The van der Waals surface area contributed by atoms with Crippen LogP contribution in [0, 0.1) is 5.82 Å². The SMILES string of the molecule is Fc1cc(Cl)cnc1Nc1ccccc1C(F)(F)F. The highest BCUT2D eigenvalue weighted by molar-refractivity contribution is 6.30. The highest BCUT2D eigenvalue weighted by Gasteiger charge is 2.33. The topological polar surface area (TPSA) is 24.9 Å². The van der Waals surface area contributed by atoms with Gasteiger partial charge in [0.05, 0.1) is 16.3 Å². The number of nitrogens with one attached hydrogen (secondary N) is 1. The Morgan fingerprint density at radius 3 is 2.47 bits per heavy atom. The van der Waals surface area contributed by atoms with Gasteiger partial charge >= 0.3 is 6.18 Å². The number of hydrogen-bond donors (Lipinski definition) is 1. The summed E-state index contributed by atoms with van der Waals surface area (Å²) in [6, 6.07) is 5.72. The zero-order valence-electron chi connectivity index (χ0n) is 9.30. The molecule has 0 saturated heterocycles. The quantitative estimate of drug-likeness (QED) is 0.815. The summed E-state index contributed by atoms with van der Waals surface area (Å²) in [5.41, 5.74) is -1.17. The van der Waals surface area contributed by atoms with Gasteiger partial charge in [-0.3, -0.25) is 0 Å². The van der Waals surface area contributed by atoms with Crippen LogP contribution in [0.15, 0.2) is 36.5 Å². The lowest BCUT2D eigenvalue weighted by Gasteiger charge is -2.14. The Hall–Kier alpha value is -1.82. The fraction of sp³-hybridized carbons (Fsp3) is 0.0833. The van der Waals surface area contributed by atoms with Gasteiger partial charge in [0.15, 0.2) is 11.6 Å². The molecule has 2 rings (SSSR count). The summed E-state index contributed by atoms with van der Waals surface area (Å²) in [7, 11) is 0. The van der Waals surface area contributed by atoms with E-state index in [0.717, 1.165) is 18.3 Å². The third-order valence-electron chi connectivity index (χ3n) is 2.29. The average Bonchev–Trinajstić information content (AvgIpc) is 2.32. The lowest BCUT2D eigenvalue weighted by Crippen LogP contribution is -2.09. The highest BCUT2D eigenvalue weighted by atomic mass is 35.5. The fourth-order valence-electron chi connectivity index (χ4n) is 1.47. The van der Waals surface area contributed by atoms with E-state index in [1.54, 1.807) is 0 Å². The van der Waals surface area contributed by atoms with Gasteiger partial charge in [-0.25, -0.2) is 9.37 Å². The third-order valence-corrected chi connectivity index (χ3v) is 2.50. The van der Waals surface area contributed by atoms with Gasteiger partial charge in [-0.05, 0) is 18.2 Å². The summed E-state index contributed by atoms with van der Waals surface area (Å²) in [5, 5.41) is 2.37. The van der Waals surface area contributed by atoms with E-state index in [1.165, 1.54) is 18.2 Å². The number of para-hydroxylation sites is 1. The van der Waals surface area contributed by atoms with Crippen LogP contribution < -0.4 is 5.32 Å². The lowest BCUT2D eigenvalue weighted by molar-refractivity contribution is -0.136. The van der Waals surface area contributed by atoms with E-state index < -0.39 is 17.6 Å². The Bertz CT molecular complexity index is 599. The predicted octanol–water partition coefficient (Wildman–Crippen LogP) is 4.64. The van der Waals surface area contributed by atoms with E-state index in [1.807, 2.05) is 0 Å². The van der Waals surface area contributed by atoms with Gasteiger partial charge in [0.25, 0.3) is 0 Å². The largest absolute Gasteiger partial charge is 0.418 e. The molecule has 0 fully saturated rings. The number of pyridine rings is 1. The molecule has 2 aromatic rings. The van der Waals surface area contributed by atoms with Crippen LogP contribution in [0.25, 0.3) is 0 Å². The first-order valence-corrected chi connectivity index (χ1v) is 5.50. The molecule has 0 aliphatic heterocycles. The molecule has 0 aliphatic carbocycles. The van der Waals surface area contributed by atoms with Crippen molar-refractivity contribution in [1.29, 1.82) is 0 Å². The van der Waals surface area contributed by atoms with Crippen LogP contribution in [0.2, 0.25) is 5.02 Å². The molecule has 100 valence electrons. The van der Waals surface area contributed by atoms with Crippen molar-refractivity contribution in [3.05, 3.63) is 52.9 Å². The molecule has 7 heteroatoms. The van der Waals surface area contributed by atoms with Gasteiger partial charge in [0.1, 0.15) is 0 Å². The van der Waals surface area contributed by atoms with E-state index in [2.05, 4.69) is 10.3 Å². The smallest absolute Gasteiger partial charge is 0.337 e.